The number of para-hydroxylation sites is 1. The molecule has 1 aliphatic heterocycles. The van der Waals surface area contributed by atoms with Gasteiger partial charge in [0.25, 0.3) is 17.7 Å². The molecule has 0 saturated heterocycles. The second kappa shape index (κ2) is 10.5. The standard InChI is InChI=1S/C28H20FN3O4S/c29-19-10-8-18(9-11-19)26(33)31-21-12-14-23(15-13-21)37-25-24(30-20-5-2-1-3-6-20)27(34)32(28(25)35)17-22-7-4-16-36-22/h1-16,30H,17H2,(H,31,33). The van der Waals surface area contributed by atoms with Crippen LogP contribution in [0.15, 0.2) is 117 Å². The van der Waals surface area contributed by atoms with Gasteiger partial charge in [-0.05, 0) is 72.8 Å². The van der Waals surface area contributed by atoms with Crippen LogP contribution >= 0.6 is 11.8 Å². The summed E-state index contributed by atoms with van der Waals surface area (Å²) in [6.07, 6.45) is 1.49. The quantitative estimate of drug-likeness (QED) is 0.296. The average molecular weight is 514 g/mol. The van der Waals surface area contributed by atoms with E-state index >= 15 is 0 Å². The summed E-state index contributed by atoms with van der Waals surface area (Å²) >= 11 is 1.15. The number of hydrogen-bond acceptors (Lipinski definition) is 6. The predicted molar refractivity (Wildman–Crippen MR) is 138 cm³/mol. The monoisotopic (exact) mass is 513 g/mol. The van der Waals surface area contributed by atoms with Gasteiger partial charge in [-0.15, -0.1) is 0 Å². The van der Waals surface area contributed by atoms with Gasteiger partial charge in [0.15, 0.2) is 0 Å². The molecule has 2 heterocycles. The molecule has 9 heteroatoms. The van der Waals surface area contributed by atoms with Crippen LogP contribution in [0.3, 0.4) is 0 Å². The van der Waals surface area contributed by atoms with Crippen LogP contribution in [0.25, 0.3) is 0 Å². The van der Waals surface area contributed by atoms with Crippen molar-refractivity contribution >= 4 is 40.9 Å². The molecule has 0 aliphatic carbocycles. The highest BCUT2D eigenvalue weighted by molar-refractivity contribution is 8.04. The zero-order chi connectivity index (χ0) is 25.8. The predicted octanol–water partition coefficient (Wildman–Crippen LogP) is 5.66. The van der Waals surface area contributed by atoms with Crippen molar-refractivity contribution in [1.82, 2.24) is 4.90 Å². The van der Waals surface area contributed by atoms with E-state index in [1.165, 1.54) is 30.5 Å². The molecule has 3 aromatic carbocycles. The summed E-state index contributed by atoms with van der Waals surface area (Å²) in [7, 11) is 0. The largest absolute Gasteiger partial charge is 0.467 e. The highest BCUT2D eigenvalue weighted by Crippen LogP contribution is 2.37. The number of carbonyl (C=O) groups is 3. The molecule has 7 nitrogen and oxygen atoms in total. The first-order valence-electron chi connectivity index (χ1n) is 11.3. The van der Waals surface area contributed by atoms with E-state index in [9.17, 15) is 18.8 Å². The molecule has 184 valence electrons. The summed E-state index contributed by atoms with van der Waals surface area (Å²) in [5.41, 5.74) is 1.72. The number of thioether (sulfide) groups is 1. The summed E-state index contributed by atoms with van der Waals surface area (Å²) in [6, 6.07) is 24.6. The number of halogens is 1. The first-order chi connectivity index (χ1) is 18.0. The lowest BCUT2D eigenvalue weighted by Crippen LogP contribution is -2.31. The van der Waals surface area contributed by atoms with E-state index in [1.807, 2.05) is 18.2 Å². The maximum absolute atomic E-state index is 13.3. The molecule has 0 atom stereocenters. The van der Waals surface area contributed by atoms with E-state index in [0.29, 0.717) is 27.6 Å². The number of nitrogens with zero attached hydrogens (tertiary/aromatic N) is 1. The molecular weight excluding hydrogens is 493 g/mol. The Morgan fingerprint density at radius 3 is 2.24 bits per heavy atom. The lowest BCUT2D eigenvalue weighted by atomic mass is 10.2. The van der Waals surface area contributed by atoms with Gasteiger partial charge in [0.2, 0.25) is 0 Å². The SMILES string of the molecule is O=C(Nc1ccc(SC2=C(Nc3ccccc3)C(=O)N(Cc3ccco3)C2=O)cc1)c1ccc(F)cc1. The van der Waals surface area contributed by atoms with E-state index in [-0.39, 0.29) is 23.1 Å². The van der Waals surface area contributed by atoms with Gasteiger partial charge in [0.1, 0.15) is 22.2 Å². The van der Waals surface area contributed by atoms with Gasteiger partial charge in [-0.25, -0.2) is 4.39 Å². The molecule has 37 heavy (non-hydrogen) atoms. The molecule has 4 aromatic rings. The van der Waals surface area contributed by atoms with Crippen LogP contribution in [0.5, 0.6) is 0 Å². The van der Waals surface area contributed by atoms with Crippen molar-refractivity contribution in [2.45, 2.75) is 11.4 Å². The van der Waals surface area contributed by atoms with Crippen LogP contribution in [-0.4, -0.2) is 22.6 Å². The van der Waals surface area contributed by atoms with E-state index < -0.39 is 17.6 Å². The van der Waals surface area contributed by atoms with Crippen LogP contribution < -0.4 is 10.6 Å². The molecule has 0 fully saturated rings. The summed E-state index contributed by atoms with van der Waals surface area (Å²) in [5.74, 6) is -1.18. The summed E-state index contributed by atoms with van der Waals surface area (Å²) in [4.78, 5) is 41.0. The van der Waals surface area contributed by atoms with Gasteiger partial charge in [0.05, 0.1) is 12.8 Å². The molecular formula is C28H20FN3O4S. The lowest BCUT2D eigenvalue weighted by Gasteiger charge is -2.13. The van der Waals surface area contributed by atoms with E-state index in [0.717, 1.165) is 16.7 Å². The van der Waals surface area contributed by atoms with Crippen LogP contribution in [0.2, 0.25) is 0 Å². The molecule has 1 aliphatic rings. The third-order valence-corrected chi connectivity index (χ3v) is 6.59. The van der Waals surface area contributed by atoms with Crippen molar-refractivity contribution in [1.29, 1.82) is 0 Å². The van der Waals surface area contributed by atoms with Crippen molar-refractivity contribution in [3.8, 4) is 0 Å². The number of anilines is 2. The minimum Gasteiger partial charge on any atom is -0.467 e. The van der Waals surface area contributed by atoms with E-state index in [2.05, 4.69) is 10.6 Å². The van der Waals surface area contributed by atoms with Gasteiger partial charge >= 0.3 is 0 Å². The Hall–Kier alpha value is -4.63. The van der Waals surface area contributed by atoms with Crippen molar-refractivity contribution in [3.63, 3.8) is 0 Å². The molecule has 1 aromatic heterocycles. The summed E-state index contributed by atoms with van der Waals surface area (Å²) < 4.78 is 18.5. The Balaban J connectivity index is 1.35. The number of hydrogen-bond donors (Lipinski definition) is 2. The topological polar surface area (TPSA) is 91.7 Å². The average Bonchev–Trinajstić information content (AvgIpc) is 3.50. The van der Waals surface area contributed by atoms with Crippen LogP contribution in [0.1, 0.15) is 16.1 Å². The number of benzene rings is 3. The van der Waals surface area contributed by atoms with Gasteiger partial charge in [0, 0.05) is 21.8 Å². The fourth-order valence-electron chi connectivity index (χ4n) is 3.66. The van der Waals surface area contributed by atoms with Crippen molar-refractivity contribution in [2.24, 2.45) is 0 Å². The van der Waals surface area contributed by atoms with Gasteiger partial charge in [-0.1, -0.05) is 30.0 Å². The van der Waals surface area contributed by atoms with Gasteiger partial charge in [-0.2, -0.15) is 0 Å². The fraction of sp³-hybridized carbons (Fsp3) is 0.0357. The van der Waals surface area contributed by atoms with E-state index in [4.69, 9.17) is 4.42 Å². The normalized spacial score (nSPS) is 13.3. The minimum absolute atomic E-state index is 0.0169. The van der Waals surface area contributed by atoms with Gasteiger partial charge < -0.3 is 15.1 Å². The lowest BCUT2D eigenvalue weighted by molar-refractivity contribution is -0.138. The van der Waals surface area contributed by atoms with Crippen LogP contribution in [-0.2, 0) is 16.1 Å². The third-order valence-electron chi connectivity index (χ3n) is 5.50. The Kier molecular flexibility index (Phi) is 6.87. The number of furan rings is 1. The molecule has 0 unspecified atom stereocenters. The first-order valence-corrected chi connectivity index (χ1v) is 12.1. The van der Waals surface area contributed by atoms with Crippen LogP contribution in [0.4, 0.5) is 15.8 Å². The Labute approximate surface area is 216 Å². The highest BCUT2D eigenvalue weighted by atomic mass is 32.2. The highest BCUT2D eigenvalue weighted by Gasteiger charge is 2.39. The van der Waals surface area contributed by atoms with Crippen molar-refractivity contribution in [2.75, 3.05) is 10.6 Å². The van der Waals surface area contributed by atoms with Crippen molar-refractivity contribution in [3.05, 3.63) is 125 Å². The molecule has 5 rings (SSSR count). The van der Waals surface area contributed by atoms with E-state index in [1.54, 1.807) is 48.5 Å². The molecule has 0 bridgehead atoms. The molecule has 0 radical (unpaired) electrons. The number of carbonyl (C=O) groups excluding carboxylic acids is 3. The fourth-order valence-corrected chi connectivity index (χ4v) is 4.60. The maximum Gasteiger partial charge on any atom is 0.278 e. The second-order valence-corrected chi connectivity index (χ2v) is 9.14. The number of nitrogens with one attached hydrogen (secondary N) is 2. The molecule has 3 amide bonds. The Morgan fingerprint density at radius 2 is 1.57 bits per heavy atom. The maximum atomic E-state index is 13.3. The number of amides is 3. The smallest absolute Gasteiger partial charge is 0.278 e. The van der Waals surface area contributed by atoms with Crippen LogP contribution in [0, 0.1) is 5.82 Å². The third kappa shape index (κ3) is 5.46. The Morgan fingerprint density at radius 1 is 0.838 bits per heavy atom. The van der Waals surface area contributed by atoms with Crippen molar-refractivity contribution < 1.29 is 23.2 Å². The zero-order valence-corrected chi connectivity index (χ0v) is 20.1. The first kappa shape index (κ1) is 24.1. The zero-order valence-electron chi connectivity index (χ0n) is 19.3. The number of imide groups is 1. The minimum atomic E-state index is -0.448. The summed E-state index contributed by atoms with van der Waals surface area (Å²) in [5, 5.41) is 5.85. The number of rotatable bonds is 8. The Bertz CT molecular complexity index is 1470. The summed E-state index contributed by atoms with van der Waals surface area (Å²) in [6.45, 7) is 0.0169. The molecule has 0 saturated carbocycles. The second-order valence-electron chi connectivity index (χ2n) is 8.06. The molecule has 0 spiro atoms. The molecule has 2 N–H and O–H groups in total. The van der Waals surface area contributed by atoms with Gasteiger partial charge in [-0.3, -0.25) is 19.3 Å².